The van der Waals surface area contributed by atoms with Crippen LogP contribution in [0.5, 0.6) is 0 Å². The van der Waals surface area contributed by atoms with Crippen LogP contribution in [0.4, 0.5) is 0 Å². The molecular formula is C11H16N2OS. The molecule has 1 aliphatic carbocycles. The van der Waals surface area contributed by atoms with Crippen molar-refractivity contribution >= 4 is 17.2 Å². The molecule has 1 amide bonds. The molecule has 15 heavy (non-hydrogen) atoms. The van der Waals surface area contributed by atoms with Gasteiger partial charge in [-0.1, -0.05) is 6.42 Å². The van der Waals surface area contributed by atoms with Crippen LogP contribution in [0, 0.1) is 5.92 Å². The molecule has 0 aliphatic heterocycles. The molecule has 4 heteroatoms. The van der Waals surface area contributed by atoms with Gasteiger partial charge in [-0.3, -0.25) is 4.79 Å². The zero-order valence-corrected chi connectivity index (χ0v) is 9.93. The summed E-state index contributed by atoms with van der Waals surface area (Å²) in [6.07, 6.45) is 5.05. The Morgan fingerprint density at radius 2 is 2.33 bits per heavy atom. The maximum atomic E-state index is 11.8. The normalized spacial score (nSPS) is 17.2. The molecule has 1 aromatic rings. The highest BCUT2D eigenvalue weighted by atomic mass is 32.1. The van der Waals surface area contributed by atoms with Gasteiger partial charge >= 0.3 is 0 Å². The summed E-state index contributed by atoms with van der Waals surface area (Å²) in [7, 11) is 0. The molecule has 0 radical (unpaired) electrons. The van der Waals surface area contributed by atoms with E-state index in [1.807, 2.05) is 19.2 Å². The van der Waals surface area contributed by atoms with E-state index in [0.29, 0.717) is 0 Å². The van der Waals surface area contributed by atoms with Crippen molar-refractivity contribution in [3.63, 3.8) is 0 Å². The molecule has 1 fully saturated rings. The van der Waals surface area contributed by atoms with Crippen LogP contribution < -0.4 is 5.32 Å². The van der Waals surface area contributed by atoms with Gasteiger partial charge < -0.3 is 5.32 Å². The van der Waals surface area contributed by atoms with Gasteiger partial charge in [-0.25, -0.2) is 4.98 Å². The lowest BCUT2D eigenvalue weighted by molar-refractivity contribution is -0.129. The van der Waals surface area contributed by atoms with Crippen LogP contribution in [-0.4, -0.2) is 10.9 Å². The van der Waals surface area contributed by atoms with Crippen LogP contribution in [0.25, 0.3) is 0 Å². The van der Waals surface area contributed by atoms with Crippen molar-refractivity contribution in [3.05, 3.63) is 16.6 Å². The molecule has 0 atom stereocenters. The van der Waals surface area contributed by atoms with Gasteiger partial charge in [0.05, 0.1) is 5.54 Å². The highest BCUT2D eigenvalue weighted by molar-refractivity contribution is 7.09. The molecular weight excluding hydrogens is 208 g/mol. The summed E-state index contributed by atoms with van der Waals surface area (Å²) >= 11 is 1.58. The Labute approximate surface area is 93.9 Å². The quantitative estimate of drug-likeness (QED) is 0.856. The average Bonchev–Trinajstić information content (AvgIpc) is 2.49. The van der Waals surface area contributed by atoms with Gasteiger partial charge in [0.1, 0.15) is 5.01 Å². The lowest BCUT2D eigenvalue weighted by Crippen LogP contribution is -2.45. The summed E-state index contributed by atoms with van der Waals surface area (Å²) < 4.78 is 0. The number of thiazole rings is 1. The van der Waals surface area contributed by atoms with Crippen molar-refractivity contribution in [1.29, 1.82) is 0 Å². The molecule has 1 saturated carbocycles. The summed E-state index contributed by atoms with van der Waals surface area (Å²) in [6, 6.07) is 0. The number of hydrogen-bond acceptors (Lipinski definition) is 3. The third-order valence-corrected chi connectivity index (χ3v) is 3.98. The third kappa shape index (κ3) is 2.20. The van der Waals surface area contributed by atoms with Gasteiger partial charge in [-0.2, -0.15) is 0 Å². The predicted octanol–water partition coefficient (Wildman–Crippen LogP) is 2.29. The SMILES string of the molecule is CC(C)(NC(=O)C1CCC1)c1nccs1. The monoisotopic (exact) mass is 224 g/mol. The Kier molecular flexibility index (Phi) is 2.78. The molecule has 0 spiro atoms. The Hall–Kier alpha value is -0.900. The summed E-state index contributed by atoms with van der Waals surface area (Å²) in [5, 5.41) is 5.97. The minimum absolute atomic E-state index is 0.182. The Morgan fingerprint density at radius 1 is 1.60 bits per heavy atom. The number of carbonyl (C=O) groups excluding carboxylic acids is 1. The number of amides is 1. The number of rotatable bonds is 3. The molecule has 1 aromatic heterocycles. The molecule has 0 saturated heterocycles. The minimum Gasteiger partial charge on any atom is -0.344 e. The smallest absolute Gasteiger partial charge is 0.223 e. The number of nitrogens with one attached hydrogen (secondary N) is 1. The van der Waals surface area contributed by atoms with E-state index < -0.39 is 0 Å². The fraction of sp³-hybridized carbons (Fsp3) is 0.636. The standard InChI is InChI=1S/C11H16N2OS/c1-11(2,10-12-6-7-15-10)13-9(14)8-4-3-5-8/h6-8H,3-5H2,1-2H3,(H,13,14). The highest BCUT2D eigenvalue weighted by Gasteiger charge is 2.31. The first-order chi connectivity index (χ1) is 7.09. The van der Waals surface area contributed by atoms with Gasteiger partial charge in [-0.15, -0.1) is 11.3 Å². The van der Waals surface area contributed by atoms with Crippen LogP contribution in [0.3, 0.4) is 0 Å². The van der Waals surface area contributed by atoms with Crippen LogP contribution >= 0.6 is 11.3 Å². The molecule has 2 rings (SSSR count). The number of nitrogens with zero attached hydrogens (tertiary/aromatic N) is 1. The summed E-state index contributed by atoms with van der Waals surface area (Å²) in [5.74, 6) is 0.422. The van der Waals surface area contributed by atoms with Crippen LogP contribution in [0.1, 0.15) is 38.1 Å². The molecule has 0 bridgehead atoms. The summed E-state index contributed by atoms with van der Waals surface area (Å²) in [6.45, 7) is 4.00. The maximum Gasteiger partial charge on any atom is 0.223 e. The van der Waals surface area contributed by atoms with Gasteiger partial charge in [0.25, 0.3) is 0 Å². The van der Waals surface area contributed by atoms with Gasteiger partial charge in [0.15, 0.2) is 0 Å². The minimum atomic E-state index is -0.332. The molecule has 0 aromatic carbocycles. The predicted molar refractivity (Wildman–Crippen MR) is 60.6 cm³/mol. The third-order valence-electron chi connectivity index (χ3n) is 2.88. The van der Waals surface area contributed by atoms with Crippen molar-refractivity contribution in [2.75, 3.05) is 0 Å². The first-order valence-corrected chi connectivity index (χ1v) is 6.19. The van der Waals surface area contributed by atoms with Gasteiger partial charge in [0.2, 0.25) is 5.91 Å². The zero-order chi connectivity index (χ0) is 10.9. The van der Waals surface area contributed by atoms with E-state index in [4.69, 9.17) is 0 Å². The van der Waals surface area contributed by atoms with Gasteiger partial charge in [0, 0.05) is 17.5 Å². The van der Waals surface area contributed by atoms with E-state index in [9.17, 15) is 4.79 Å². The summed E-state index contributed by atoms with van der Waals surface area (Å²) in [5.41, 5.74) is -0.332. The highest BCUT2D eigenvalue weighted by Crippen LogP contribution is 2.29. The van der Waals surface area contributed by atoms with E-state index in [2.05, 4.69) is 10.3 Å². The number of hydrogen-bond donors (Lipinski definition) is 1. The first kappa shape index (κ1) is 10.6. The topological polar surface area (TPSA) is 42.0 Å². The van der Waals surface area contributed by atoms with E-state index in [1.54, 1.807) is 17.5 Å². The second kappa shape index (κ2) is 3.93. The fourth-order valence-corrected chi connectivity index (χ4v) is 2.38. The molecule has 82 valence electrons. The van der Waals surface area contributed by atoms with Crippen molar-refractivity contribution in [2.24, 2.45) is 5.92 Å². The van der Waals surface area contributed by atoms with Crippen LogP contribution in [-0.2, 0) is 10.3 Å². The Balaban J connectivity index is 2.00. The van der Waals surface area contributed by atoms with Crippen molar-refractivity contribution in [3.8, 4) is 0 Å². The molecule has 1 aliphatic rings. The van der Waals surface area contributed by atoms with E-state index >= 15 is 0 Å². The van der Waals surface area contributed by atoms with Gasteiger partial charge in [-0.05, 0) is 26.7 Å². The molecule has 0 unspecified atom stereocenters. The van der Waals surface area contributed by atoms with E-state index in [-0.39, 0.29) is 17.4 Å². The number of aromatic nitrogens is 1. The second-order valence-corrected chi connectivity index (χ2v) is 5.47. The van der Waals surface area contributed by atoms with E-state index in [0.717, 1.165) is 17.8 Å². The van der Waals surface area contributed by atoms with Crippen LogP contribution in [0.15, 0.2) is 11.6 Å². The first-order valence-electron chi connectivity index (χ1n) is 5.31. The fourth-order valence-electron chi connectivity index (χ4n) is 1.67. The largest absolute Gasteiger partial charge is 0.344 e. The lowest BCUT2D eigenvalue weighted by atomic mass is 9.84. The van der Waals surface area contributed by atoms with Crippen molar-refractivity contribution in [1.82, 2.24) is 10.3 Å². The van der Waals surface area contributed by atoms with Crippen LogP contribution in [0.2, 0.25) is 0 Å². The molecule has 3 nitrogen and oxygen atoms in total. The van der Waals surface area contributed by atoms with Crippen molar-refractivity contribution < 1.29 is 4.79 Å². The molecule has 1 heterocycles. The number of carbonyl (C=O) groups is 1. The maximum absolute atomic E-state index is 11.8. The second-order valence-electron chi connectivity index (χ2n) is 4.58. The lowest BCUT2D eigenvalue weighted by Gasteiger charge is -2.30. The molecule has 1 N–H and O–H groups in total. The van der Waals surface area contributed by atoms with E-state index in [1.165, 1.54) is 6.42 Å². The van der Waals surface area contributed by atoms with Crippen molar-refractivity contribution in [2.45, 2.75) is 38.6 Å². The zero-order valence-electron chi connectivity index (χ0n) is 9.12. The Bertz CT molecular complexity index is 341. The summed E-state index contributed by atoms with van der Waals surface area (Å²) in [4.78, 5) is 16.0. The Morgan fingerprint density at radius 3 is 2.80 bits per heavy atom. The average molecular weight is 224 g/mol.